The summed E-state index contributed by atoms with van der Waals surface area (Å²) >= 11 is 11.7. The van der Waals surface area contributed by atoms with Crippen LogP contribution in [0.4, 0.5) is 0 Å². The van der Waals surface area contributed by atoms with Crippen molar-refractivity contribution in [3.63, 3.8) is 0 Å². The molecule has 1 rings (SSSR count). The van der Waals surface area contributed by atoms with Crippen LogP contribution in [0.5, 0.6) is 0 Å². The molecule has 0 unspecified atom stereocenters. The Bertz CT molecular complexity index is 428. The number of benzene rings is 1. The minimum atomic E-state index is -0.761. The molecule has 16 heavy (non-hydrogen) atoms. The Kier molecular flexibility index (Phi) is 4.21. The van der Waals surface area contributed by atoms with E-state index in [1.807, 2.05) is 6.92 Å². The van der Waals surface area contributed by atoms with E-state index in [1.54, 1.807) is 25.1 Å². The fourth-order valence-electron chi connectivity index (χ4n) is 1.46. The van der Waals surface area contributed by atoms with Crippen molar-refractivity contribution in [3.8, 4) is 6.07 Å². The van der Waals surface area contributed by atoms with Crippen LogP contribution in [0.15, 0.2) is 18.2 Å². The Morgan fingerprint density at radius 1 is 1.44 bits per heavy atom. The highest BCUT2D eigenvalue weighted by atomic mass is 35.5. The molecule has 0 aliphatic carbocycles. The van der Waals surface area contributed by atoms with Crippen LogP contribution in [-0.4, -0.2) is 11.7 Å². The SMILES string of the molecule is C[C@H](CO)[C@@](C)(C#N)c1ccc(Cl)c(Cl)c1. The summed E-state index contributed by atoms with van der Waals surface area (Å²) in [5, 5.41) is 19.3. The molecule has 0 bridgehead atoms. The van der Waals surface area contributed by atoms with E-state index in [2.05, 4.69) is 6.07 Å². The Hall–Kier alpha value is -0.750. The van der Waals surface area contributed by atoms with E-state index in [0.717, 1.165) is 5.56 Å². The van der Waals surface area contributed by atoms with Crippen LogP contribution >= 0.6 is 23.2 Å². The molecular formula is C12H13Cl2NO. The number of aliphatic hydroxyl groups excluding tert-OH is 1. The number of hydrogen-bond donors (Lipinski definition) is 1. The van der Waals surface area contributed by atoms with Crippen LogP contribution in [0.25, 0.3) is 0 Å². The molecule has 1 aromatic carbocycles. The van der Waals surface area contributed by atoms with Gasteiger partial charge in [-0.25, -0.2) is 0 Å². The van der Waals surface area contributed by atoms with Gasteiger partial charge in [0.25, 0.3) is 0 Å². The third-order valence-electron chi connectivity index (χ3n) is 3.01. The smallest absolute Gasteiger partial charge is 0.0842 e. The van der Waals surface area contributed by atoms with Gasteiger partial charge in [-0.1, -0.05) is 36.2 Å². The Morgan fingerprint density at radius 3 is 2.50 bits per heavy atom. The lowest BCUT2D eigenvalue weighted by molar-refractivity contribution is 0.197. The van der Waals surface area contributed by atoms with Gasteiger partial charge in [-0.2, -0.15) is 5.26 Å². The summed E-state index contributed by atoms with van der Waals surface area (Å²) in [7, 11) is 0. The summed E-state index contributed by atoms with van der Waals surface area (Å²) in [5.41, 5.74) is 0.00846. The van der Waals surface area contributed by atoms with E-state index in [4.69, 9.17) is 23.2 Å². The van der Waals surface area contributed by atoms with Gasteiger partial charge in [0.15, 0.2) is 0 Å². The van der Waals surface area contributed by atoms with Crippen LogP contribution in [0.1, 0.15) is 19.4 Å². The zero-order chi connectivity index (χ0) is 12.3. The number of rotatable bonds is 3. The van der Waals surface area contributed by atoms with Crippen molar-refractivity contribution < 1.29 is 5.11 Å². The van der Waals surface area contributed by atoms with Gasteiger partial charge >= 0.3 is 0 Å². The molecular weight excluding hydrogens is 245 g/mol. The van der Waals surface area contributed by atoms with Gasteiger partial charge in [0.05, 0.1) is 21.5 Å². The second-order valence-electron chi connectivity index (χ2n) is 4.03. The lowest BCUT2D eigenvalue weighted by Crippen LogP contribution is -2.30. The van der Waals surface area contributed by atoms with Crippen molar-refractivity contribution in [2.45, 2.75) is 19.3 Å². The second-order valence-corrected chi connectivity index (χ2v) is 4.84. The van der Waals surface area contributed by atoms with Gasteiger partial charge in [0.1, 0.15) is 0 Å². The quantitative estimate of drug-likeness (QED) is 0.902. The van der Waals surface area contributed by atoms with Crippen molar-refractivity contribution in [2.75, 3.05) is 6.61 Å². The minimum absolute atomic E-state index is 0.0513. The maximum Gasteiger partial charge on any atom is 0.0842 e. The summed E-state index contributed by atoms with van der Waals surface area (Å²) < 4.78 is 0. The molecule has 0 saturated heterocycles. The summed E-state index contributed by atoms with van der Waals surface area (Å²) in [5.74, 6) is -0.172. The van der Waals surface area contributed by atoms with Crippen LogP contribution < -0.4 is 0 Å². The molecule has 4 heteroatoms. The van der Waals surface area contributed by atoms with Crippen LogP contribution in [-0.2, 0) is 5.41 Å². The molecule has 2 atom stereocenters. The number of aliphatic hydroxyl groups is 1. The summed E-state index contributed by atoms with van der Waals surface area (Å²) in [6.45, 7) is 3.56. The van der Waals surface area contributed by atoms with Gasteiger partial charge < -0.3 is 5.11 Å². The highest BCUT2D eigenvalue weighted by Gasteiger charge is 2.33. The van der Waals surface area contributed by atoms with E-state index in [1.165, 1.54) is 0 Å². The molecule has 0 saturated carbocycles. The fraction of sp³-hybridized carbons (Fsp3) is 0.417. The van der Waals surface area contributed by atoms with Crippen molar-refractivity contribution in [2.24, 2.45) is 5.92 Å². The molecule has 0 radical (unpaired) electrons. The first-order valence-electron chi connectivity index (χ1n) is 4.93. The third-order valence-corrected chi connectivity index (χ3v) is 3.75. The van der Waals surface area contributed by atoms with Crippen molar-refractivity contribution in [3.05, 3.63) is 33.8 Å². The molecule has 0 heterocycles. The van der Waals surface area contributed by atoms with Crippen molar-refractivity contribution in [1.29, 1.82) is 5.26 Å². The highest BCUT2D eigenvalue weighted by Crippen LogP contribution is 2.34. The number of hydrogen-bond acceptors (Lipinski definition) is 2. The average molecular weight is 258 g/mol. The Labute approximate surface area is 105 Å². The summed E-state index contributed by atoms with van der Waals surface area (Å²) in [6.07, 6.45) is 0. The topological polar surface area (TPSA) is 44.0 Å². The van der Waals surface area contributed by atoms with Gasteiger partial charge in [-0.05, 0) is 24.6 Å². The van der Waals surface area contributed by atoms with Crippen molar-refractivity contribution >= 4 is 23.2 Å². The molecule has 0 aliphatic heterocycles. The summed E-state index contributed by atoms with van der Waals surface area (Å²) in [6, 6.07) is 7.34. The first-order valence-corrected chi connectivity index (χ1v) is 5.69. The molecule has 0 aliphatic rings. The van der Waals surface area contributed by atoms with Crippen LogP contribution in [0.2, 0.25) is 10.0 Å². The predicted molar refractivity (Wildman–Crippen MR) is 65.7 cm³/mol. The van der Waals surface area contributed by atoms with E-state index >= 15 is 0 Å². The monoisotopic (exact) mass is 257 g/mol. The largest absolute Gasteiger partial charge is 0.396 e. The van der Waals surface area contributed by atoms with E-state index in [-0.39, 0.29) is 12.5 Å². The lowest BCUT2D eigenvalue weighted by Gasteiger charge is -2.28. The lowest BCUT2D eigenvalue weighted by atomic mass is 9.74. The summed E-state index contributed by atoms with van der Waals surface area (Å²) in [4.78, 5) is 0. The van der Waals surface area contributed by atoms with Gasteiger partial charge in [0.2, 0.25) is 0 Å². The van der Waals surface area contributed by atoms with Gasteiger partial charge in [-0.15, -0.1) is 0 Å². The maximum absolute atomic E-state index is 9.26. The van der Waals surface area contributed by atoms with Gasteiger partial charge in [0, 0.05) is 12.5 Å². The molecule has 0 aromatic heterocycles. The van der Waals surface area contributed by atoms with Crippen LogP contribution in [0.3, 0.4) is 0 Å². The third kappa shape index (κ3) is 2.32. The van der Waals surface area contributed by atoms with Crippen molar-refractivity contribution in [1.82, 2.24) is 0 Å². The minimum Gasteiger partial charge on any atom is -0.396 e. The molecule has 86 valence electrons. The number of nitrogens with zero attached hydrogens (tertiary/aromatic N) is 1. The Morgan fingerprint density at radius 2 is 2.06 bits per heavy atom. The normalized spacial score (nSPS) is 16.2. The predicted octanol–water partition coefficient (Wildman–Crippen LogP) is 3.40. The Balaban J connectivity index is 3.24. The first-order chi connectivity index (χ1) is 7.45. The van der Waals surface area contributed by atoms with E-state index in [9.17, 15) is 10.4 Å². The molecule has 0 spiro atoms. The average Bonchev–Trinajstić information content (AvgIpc) is 2.30. The first kappa shape index (κ1) is 13.3. The van der Waals surface area contributed by atoms with Crippen LogP contribution in [0, 0.1) is 17.2 Å². The number of nitriles is 1. The van der Waals surface area contributed by atoms with E-state index in [0.29, 0.717) is 10.0 Å². The second kappa shape index (κ2) is 5.05. The molecule has 1 N–H and O–H groups in total. The van der Waals surface area contributed by atoms with Gasteiger partial charge in [-0.3, -0.25) is 0 Å². The molecule has 0 fully saturated rings. The van der Waals surface area contributed by atoms with E-state index < -0.39 is 5.41 Å². The zero-order valence-corrected chi connectivity index (χ0v) is 10.7. The molecule has 0 amide bonds. The fourth-order valence-corrected chi connectivity index (χ4v) is 1.76. The standard InChI is InChI=1S/C12H13Cl2NO/c1-8(6-16)12(2,7-15)9-3-4-10(13)11(14)5-9/h3-5,8,16H,6H2,1-2H3/t8-,12-/m1/s1. The maximum atomic E-state index is 9.26. The zero-order valence-electron chi connectivity index (χ0n) is 9.17. The molecule has 1 aromatic rings. The molecule has 2 nitrogen and oxygen atoms in total. The highest BCUT2D eigenvalue weighted by molar-refractivity contribution is 6.42. The number of halogens is 2.